The van der Waals surface area contributed by atoms with Crippen molar-refractivity contribution in [3.05, 3.63) is 29.8 Å². The maximum Gasteiger partial charge on any atom is 0.219 e. The zero-order valence-corrected chi connectivity index (χ0v) is 8.79. The van der Waals surface area contributed by atoms with E-state index in [1.165, 1.54) is 5.56 Å². The van der Waals surface area contributed by atoms with E-state index in [-0.39, 0.29) is 11.4 Å². The molecule has 0 fully saturated rings. The van der Waals surface area contributed by atoms with Crippen LogP contribution in [0.3, 0.4) is 0 Å². The lowest BCUT2D eigenvalue weighted by molar-refractivity contribution is -0.129. The third kappa shape index (κ3) is 2.47. The highest BCUT2D eigenvalue weighted by Gasteiger charge is 2.14. The van der Waals surface area contributed by atoms with Gasteiger partial charge in [-0.2, -0.15) is 0 Å². The summed E-state index contributed by atoms with van der Waals surface area (Å²) in [6.07, 6.45) is 0. The number of fused-ring (bicyclic) bond motifs is 1. The number of para-hydroxylation sites is 1. The van der Waals surface area contributed by atoms with Crippen molar-refractivity contribution in [1.29, 1.82) is 0 Å². The van der Waals surface area contributed by atoms with Gasteiger partial charge in [0.1, 0.15) is 0 Å². The lowest BCUT2D eigenvalue weighted by Crippen LogP contribution is -2.30. The fraction of sp³-hybridized carbons (Fsp3) is 0.364. The summed E-state index contributed by atoms with van der Waals surface area (Å²) in [5.41, 5.74) is 2.34. The number of carbonyl (C=O) groups is 1. The molecule has 15 heavy (non-hydrogen) atoms. The third-order valence-corrected chi connectivity index (χ3v) is 2.52. The van der Waals surface area contributed by atoms with Crippen LogP contribution in [0.4, 0.5) is 5.69 Å². The van der Waals surface area contributed by atoms with Crippen LogP contribution in [0.15, 0.2) is 24.3 Å². The van der Waals surface area contributed by atoms with E-state index >= 15 is 0 Å². The van der Waals surface area contributed by atoms with Gasteiger partial charge in [0.15, 0.2) is 0 Å². The molecular weight excluding hydrogens is 192 g/mol. The first-order chi connectivity index (χ1) is 6.77. The normalized spacial score (nSPS) is 14.3. The van der Waals surface area contributed by atoms with Crippen molar-refractivity contribution >= 4 is 11.6 Å². The standard InChI is InChI=1S/C11H14N2O.H2O/c1-9(14)13-7-6-12-11-5-3-2-4-10(11)8-13;/h2-5,12H,6-8H2,1H3;1H2. The van der Waals surface area contributed by atoms with E-state index < -0.39 is 0 Å². The zero-order valence-electron chi connectivity index (χ0n) is 8.79. The summed E-state index contributed by atoms with van der Waals surface area (Å²) < 4.78 is 0. The molecule has 0 unspecified atom stereocenters. The summed E-state index contributed by atoms with van der Waals surface area (Å²) >= 11 is 0. The Morgan fingerprint density at radius 3 is 2.87 bits per heavy atom. The van der Waals surface area contributed by atoms with Gasteiger partial charge in [0.2, 0.25) is 5.91 Å². The van der Waals surface area contributed by atoms with Crippen molar-refractivity contribution in [2.24, 2.45) is 0 Å². The topological polar surface area (TPSA) is 63.8 Å². The first-order valence-corrected chi connectivity index (χ1v) is 4.84. The molecular formula is C11H16N2O2. The minimum atomic E-state index is 0. The maximum absolute atomic E-state index is 11.3. The second kappa shape index (κ2) is 4.79. The molecule has 1 amide bonds. The fourth-order valence-corrected chi connectivity index (χ4v) is 1.71. The van der Waals surface area contributed by atoms with E-state index in [4.69, 9.17) is 0 Å². The molecule has 0 saturated carbocycles. The van der Waals surface area contributed by atoms with E-state index in [9.17, 15) is 4.79 Å². The van der Waals surface area contributed by atoms with Crippen molar-refractivity contribution in [2.45, 2.75) is 13.5 Å². The Morgan fingerprint density at radius 1 is 1.40 bits per heavy atom. The largest absolute Gasteiger partial charge is 0.412 e. The van der Waals surface area contributed by atoms with Crippen molar-refractivity contribution in [3.63, 3.8) is 0 Å². The van der Waals surface area contributed by atoms with Gasteiger partial charge in [-0.15, -0.1) is 0 Å². The number of nitrogens with one attached hydrogen (secondary N) is 1. The van der Waals surface area contributed by atoms with Crippen LogP contribution in [0.2, 0.25) is 0 Å². The molecule has 1 aromatic rings. The number of rotatable bonds is 0. The Labute approximate surface area is 89.2 Å². The van der Waals surface area contributed by atoms with Gasteiger partial charge in [-0.1, -0.05) is 18.2 Å². The molecule has 0 saturated heterocycles. The summed E-state index contributed by atoms with van der Waals surface area (Å²) in [5, 5.41) is 3.32. The van der Waals surface area contributed by atoms with Crippen LogP contribution in [0.5, 0.6) is 0 Å². The molecule has 3 N–H and O–H groups in total. The van der Waals surface area contributed by atoms with Crippen molar-refractivity contribution in [3.8, 4) is 0 Å². The van der Waals surface area contributed by atoms with Gasteiger partial charge in [0.05, 0.1) is 0 Å². The lowest BCUT2D eigenvalue weighted by atomic mass is 10.2. The summed E-state index contributed by atoms with van der Waals surface area (Å²) in [5.74, 6) is 0.142. The molecule has 0 aliphatic carbocycles. The van der Waals surface area contributed by atoms with Gasteiger partial charge in [0.25, 0.3) is 0 Å². The molecule has 0 spiro atoms. The SMILES string of the molecule is CC(=O)N1CCNc2ccccc2C1.O. The van der Waals surface area contributed by atoms with E-state index in [2.05, 4.69) is 17.4 Å². The Hall–Kier alpha value is -1.55. The molecule has 0 radical (unpaired) electrons. The monoisotopic (exact) mass is 208 g/mol. The van der Waals surface area contributed by atoms with Crippen LogP contribution in [0.1, 0.15) is 12.5 Å². The predicted molar refractivity (Wildman–Crippen MR) is 59.6 cm³/mol. The summed E-state index contributed by atoms with van der Waals surface area (Å²) in [6, 6.07) is 8.13. The molecule has 1 aliphatic rings. The average molecular weight is 208 g/mol. The molecule has 0 aromatic heterocycles. The minimum Gasteiger partial charge on any atom is -0.412 e. The predicted octanol–water partition coefficient (Wildman–Crippen LogP) is 0.636. The second-order valence-corrected chi connectivity index (χ2v) is 3.52. The van der Waals surface area contributed by atoms with Crippen LogP contribution in [-0.4, -0.2) is 29.4 Å². The van der Waals surface area contributed by atoms with Crippen LogP contribution in [-0.2, 0) is 11.3 Å². The molecule has 0 atom stereocenters. The summed E-state index contributed by atoms with van der Waals surface area (Å²) in [4.78, 5) is 13.1. The Morgan fingerprint density at radius 2 is 2.13 bits per heavy atom. The molecule has 0 bridgehead atoms. The number of hydrogen-bond acceptors (Lipinski definition) is 2. The number of hydrogen-bond donors (Lipinski definition) is 1. The van der Waals surface area contributed by atoms with E-state index in [1.807, 2.05) is 17.0 Å². The van der Waals surface area contributed by atoms with Crippen molar-refractivity contribution in [1.82, 2.24) is 4.90 Å². The Balaban J connectivity index is 0.00000112. The van der Waals surface area contributed by atoms with E-state index in [1.54, 1.807) is 6.92 Å². The Bertz CT molecular complexity index is 352. The maximum atomic E-state index is 11.3. The highest BCUT2D eigenvalue weighted by atomic mass is 16.2. The van der Waals surface area contributed by atoms with E-state index in [0.717, 1.165) is 25.3 Å². The second-order valence-electron chi connectivity index (χ2n) is 3.52. The van der Waals surface area contributed by atoms with Crippen LogP contribution >= 0.6 is 0 Å². The Kier molecular flexibility index (Phi) is 3.68. The molecule has 2 rings (SSSR count). The van der Waals surface area contributed by atoms with Crippen molar-refractivity contribution < 1.29 is 10.3 Å². The number of carbonyl (C=O) groups excluding carboxylic acids is 1. The highest BCUT2D eigenvalue weighted by molar-refractivity contribution is 5.74. The zero-order chi connectivity index (χ0) is 9.97. The lowest BCUT2D eigenvalue weighted by Gasteiger charge is -2.17. The number of anilines is 1. The molecule has 1 aliphatic heterocycles. The first kappa shape index (κ1) is 11.5. The molecule has 4 heteroatoms. The molecule has 1 aromatic carbocycles. The molecule has 82 valence electrons. The van der Waals surface area contributed by atoms with Gasteiger partial charge < -0.3 is 15.7 Å². The quantitative estimate of drug-likeness (QED) is 0.680. The molecule has 4 nitrogen and oxygen atoms in total. The van der Waals surface area contributed by atoms with Gasteiger partial charge in [-0.25, -0.2) is 0 Å². The first-order valence-electron chi connectivity index (χ1n) is 4.84. The summed E-state index contributed by atoms with van der Waals surface area (Å²) in [6.45, 7) is 3.95. The summed E-state index contributed by atoms with van der Waals surface area (Å²) in [7, 11) is 0. The highest BCUT2D eigenvalue weighted by Crippen LogP contribution is 2.19. The average Bonchev–Trinajstić information content (AvgIpc) is 2.39. The van der Waals surface area contributed by atoms with Crippen LogP contribution in [0.25, 0.3) is 0 Å². The van der Waals surface area contributed by atoms with Gasteiger partial charge >= 0.3 is 0 Å². The third-order valence-electron chi connectivity index (χ3n) is 2.52. The smallest absolute Gasteiger partial charge is 0.219 e. The van der Waals surface area contributed by atoms with Gasteiger partial charge in [0, 0.05) is 32.2 Å². The van der Waals surface area contributed by atoms with Gasteiger partial charge in [-0.3, -0.25) is 4.79 Å². The van der Waals surface area contributed by atoms with Crippen molar-refractivity contribution in [2.75, 3.05) is 18.4 Å². The molecule has 1 heterocycles. The number of amides is 1. The van der Waals surface area contributed by atoms with Gasteiger partial charge in [-0.05, 0) is 11.6 Å². The van der Waals surface area contributed by atoms with E-state index in [0.29, 0.717) is 0 Å². The van der Waals surface area contributed by atoms with Crippen LogP contribution < -0.4 is 5.32 Å². The fourth-order valence-electron chi connectivity index (χ4n) is 1.71. The van der Waals surface area contributed by atoms with Crippen LogP contribution in [0, 0.1) is 0 Å². The number of nitrogens with zero attached hydrogens (tertiary/aromatic N) is 1. The minimum absolute atomic E-state index is 0. The number of benzene rings is 1.